The maximum Gasteiger partial charge on any atom is 0.260 e. The molecule has 1 N–H and O–H groups in total. The van der Waals surface area contributed by atoms with E-state index in [-0.39, 0.29) is 18.4 Å². The summed E-state index contributed by atoms with van der Waals surface area (Å²) in [4.78, 5) is 26.9. The van der Waals surface area contributed by atoms with Crippen LogP contribution in [0.15, 0.2) is 24.3 Å². The lowest BCUT2D eigenvalue weighted by molar-refractivity contribution is -0.143. The molecule has 0 spiro atoms. The number of carbonyl (C=O) groups excluding carboxylic acids is 2. The first kappa shape index (κ1) is 20.6. The minimum absolute atomic E-state index is 0.0329. The van der Waals surface area contributed by atoms with Crippen molar-refractivity contribution >= 4 is 17.5 Å². The fourth-order valence-electron chi connectivity index (χ4n) is 4.25. The van der Waals surface area contributed by atoms with Gasteiger partial charge in [0.25, 0.3) is 11.8 Å². The highest BCUT2D eigenvalue weighted by atomic mass is 16.5. The second-order valence-electron chi connectivity index (χ2n) is 8.11. The van der Waals surface area contributed by atoms with Gasteiger partial charge in [0.1, 0.15) is 11.4 Å². The molecule has 0 radical (unpaired) electrons. The molecule has 28 heavy (non-hydrogen) atoms. The molecule has 1 heterocycles. The fraction of sp³-hybridized carbons (Fsp3) is 0.636. The van der Waals surface area contributed by atoms with E-state index in [1.807, 2.05) is 4.90 Å². The Morgan fingerprint density at radius 2 is 1.86 bits per heavy atom. The summed E-state index contributed by atoms with van der Waals surface area (Å²) in [6.45, 7) is 3.87. The summed E-state index contributed by atoms with van der Waals surface area (Å²) in [5.74, 6) is 1.05. The molecule has 0 bridgehead atoms. The maximum absolute atomic E-state index is 12.8. The third-order valence-electron chi connectivity index (χ3n) is 5.94. The van der Waals surface area contributed by atoms with Crippen LogP contribution in [0.2, 0.25) is 0 Å². The van der Waals surface area contributed by atoms with Gasteiger partial charge in [0.05, 0.1) is 0 Å². The van der Waals surface area contributed by atoms with Crippen molar-refractivity contribution < 1.29 is 19.1 Å². The summed E-state index contributed by atoms with van der Waals surface area (Å²) >= 11 is 0. The van der Waals surface area contributed by atoms with Crippen LogP contribution < -0.4 is 10.1 Å². The second-order valence-corrected chi connectivity index (χ2v) is 8.11. The lowest BCUT2D eigenvalue weighted by Gasteiger charge is -2.37. The monoisotopic (exact) mass is 388 g/mol. The van der Waals surface area contributed by atoms with E-state index in [9.17, 15) is 9.59 Å². The first-order valence-corrected chi connectivity index (χ1v) is 10.4. The predicted molar refractivity (Wildman–Crippen MR) is 108 cm³/mol. The second kappa shape index (κ2) is 9.41. The number of piperidine rings is 1. The molecule has 0 aromatic heterocycles. The molecule has 1 saturated heterocycles. The van der Waals surface area contributed by atoms with Crippen molar-refractivity contribution in [2.75, 3.05) is 32.1 Å². The Kier molecular flexibility index (Phi) is 6.94. The number of hydrogen-bond acceptors (Lipinski definition) is 4. The third-order valence-corrected chi connectivity index (χ3v) is 5.94. The Balaban J connectivity index is 1.52. The Morgan fingerprint density at radius 3 is 2.50 bits per heavy atom. The molecule has 1 aliphatic carbocycles. The van der Waals surface area contributed by atoms with Crippen molar-refractivity contribution in [1.82, 2.24) is 4.90 Å². The number of hydrogen-bond donors (Lipinski definition) is 1. The van der Waals surface area contributed by atoms with Gasteiger partial charge in [0.2, 0.25) is 0 Å². The highest BCUT2D eigenvalue weighted by Crippen LogP contribution is 2.35. The van der Waals surface area contributed by atoms with E-state index in [0.717, 1.165) is 51.6 Å². The number of benzene rings is 1. The highest BCUT2D eigenvalue weighted by molar-refractivity contribution is 5.97. The molecule has 0 unspecified atom stereocenters. The van der Waals surface area contributed by atoms with Gasteiger partial charge in [-0.1, -0.05) is 13.3 Å². The number of carbonyl (C=O) groups is 2. The Morgan fingerprint density at radius 1 is 1.14 bits per heavy atom. The highest BCUT2D eigenvalue weighted by Gasteiger charge is 2.41. The van der Waals surface area contributed by atoms with Gasteiger partial charge in [0.15, 0.2) is 6.61 Å². The molecule has 154 valence electrons. The van der Waals surface area contributed by atoms with E-state index in [1.54, 1.807) is 31.4 Å². The number of ether oxygens (including phenoxy) is 2. The fourth-order valence-corrected chi connectivity index (χ4v) is 4.25. The Bertz CT molecular complexity index is 670. The number of methoxy groups -OCH3 is 1. The summed E-state index contributed by atoms with van der Waals surface area (Å²) in [5.41, 5.74) is -0.0393. The van der Waals surface area contributed by atoms with Gasteiger partial charge >= 0.3 is 0 Å². The van der Waals surface area contributed by atoms with Crippen LogP contribution >= 0.6 is 0 Å². The minimum atomic E-state index is -0.742. The van der Waals surface area contributed by atoms with E-state index >= 15 is 0 Å². The summed E-state index contributed by atoms with van der Waals surface area (Å²) in [6, 6.07) is 7.16. The molecule has 6 nitrogen and oxygen atoms in total. The number of rotatable bonds is 6. The van der Waals surface area contributed by atoms with Crippen LogP contribution in [-0.4, -0.2) is 49.1 Å². The van der Waals surface area contributed by atoms with Crippen LogP contribution in [0, 0.1) is 5.92 Å². The van der Waals surface area contributed by atoms with Gasteiger partial charge < -0.3 is 19.7 Å². The smallest absolute Gasteiger partial charge is 0.260 e. The Labute approximate surface area is 167 Å². The van der Waals surface area contributed by atoms with Gasteiger partial charge in [-0.15, -0.1) is 0 Å². The Hall–Kier alpha value is -2.08. The number of anilines is 1. The molecule has 2 amide bonds. The number of nitrogens with one attached hydrogen (secondary N) is 1. The van der Waals surface area contributed by atoms with Crippen molar-refractivity contribution in [2.45, 2.75) is 57.5 Å². The van der Waals surface area contributed by atoms with Gasteiger partial charge in [-0.25, -0.2) is 0 Å². The zero-order chi connectivity index (χ0) is 20.0. The molecule has 2 aliphatic rings. The SMILES string of the molecule is CO[C@@]1(C(=O)Nc2ccc(OCC(=O)N3CCCCC3)cc2)CCC[C@H](C)C1. The van der Waals surface area contributed by atoms with E-state index < -0.39 is 5.60 Å². The molecule has 2 atom stereocenters. The molecule has 1 saturated carbocycles. The number of likely N-dealkylation sites (tertiary alicyclic amines) is 1. The molecule has 2 fully saturated rings. The molecule has 1 aliphatic heterocycles. The van der Waals surface area contributed by atoms with Crippen molar-refractivity contribution in [3.63, 3.8) is 0 Å². The molecular formula is C22H32N2O4. The zero-order valence-electron chi connectivity index (χ0n) is 17.0. The number of amides is 2. The van der Waals surface area contributed by atoms with Gasteiger partial charge in [0, 0.05) is 25.9 Å². The lowest BCUT2D eigenvalue weighted by Crippen LogP contribution is -2.47. The van der Waals surface area contributed by atoms with Crippen molar-refractivity contribution in [2.24, 2.45) is 5.92 Å². The summed E-state index contributed by atoms with van der Waals surface area (Å²) < 4.78 is 11.3. The topological polar surface area (TPSA) is 67.9 Å². The predicted octanol–water partition coefficient (Wildman–Crippen LogP) is 3.61. The normalized spacial score (nSPS) is 25.2. The van der Waals surface area contributed by atoms with Crippen LogP contribution in [-0.2, 0) is 14.3 Å². The number of nitrogens with zero attached hydrogens (tertiary/aromatic N) is 1. The minimum Gasteiger partial charge on any atom is -0.484 e. The summed E-state index contributed by atoms with van der Waals surface area (Å²) in [5, 5.41) is 2.97. The van der Waals surface area contributed by atoms with Crippen molar-refractivity contribution in [3.05, 3.63) is 24.3 Å². The first-order chi connectivity index (χ1) is 13.5. The third kappa shape index (κ3) is 5.04. The molecule has 1 aromatic rings. The van der Waals surface area contributed by atoms with E-state index in [0.29, 0.717) is 17.4 Å². The average Bonchev–Trinajstić information content (AvgIpc) is 2.73. The van der Waals surface area contributed by atoms with Gasteiger partial charge in [-0.2, -0.15) is 0 Å². The first-order valence-electron chi connectivity index (χ1n) is 10.4. The van der Waals surface area contributed by atoms with Gasteiger partial charge in [-0.05, 0) is 68.7 Å². The van der Waals surface area contributed by atoms with Crippen LogP contribution in [0.4, 0.5) is 5.69 Å². The maximum atomic E-state index is 12.8. The molecular weight excluding hydrogens is 356 g/mol. The largest absolute Gasteiger partial charge is 0.484 e. The molecule has 1 aromatic carbocycles. The summed E-state index contributed by atoms with van der Waals surface area (Å²) in [6.07, 6.45) is 6.97. The van der Waals surface area contributed by atoms with E-state index in [2.05, 4.69) is 12.2 Å². The van der Waals surface area contributed by atoms with Crippen LogP contribution in [0.3, 0.4) is 0 Å². The molecule has 3 rings (SSSR count). The van der Waals surface area contributed by atoms with Crippen molar-refractivity contribution in [3.8, 4) is 5.75 Å². The van der Waals surface area contributed by atoms with Crippen molar-refractivity contribution in [1.29, 1.82) is 0 Å². The zero-order valence-corrected chi connectivity index (χ0v) is 17.0. The van der Waals surface area contributed by atoms with E-state index in [4.69, 9.17) is 9.47 Å². The van der Waals surface area contributed by atoms with Crippen LogP contribution in [0.5, 0.6) is 5.75 Å². The van der Waals surface area contributed by atoms with Crippen LogP contribution in [0.1, 0.15) is 51.9 Å². The van der Waals surface area contributed by atoms with Gasteiger partial charge in [-0.3, -0.25) is 9.59 Å². The molecule has 6 heteroatoms. The summed E-state index contributed by atoms with van der Waals surface area (Å²) in [7, 11) is 1.62. The quantitative estimate of drug-likeness (QED) is 0.808. The lowest BCUT2D eigenvalue weighted by atomic mass is 9.78. The average molecular weight is 389 g/mol. The standard InChI is InChI=1S/C22H32N2O4/c1-17-7-6-12-22(15-17,27-2)21(26)23-18-8-10-19(11-9-18)28-16-20(25)24-13-4-3-5-14-24/h8-11,17H,3-7,12-16H2,1-2H3,(H,23,26)/t17-,22-/m0/s1. The van der Waals surface area contributed by atoms with Crippen LogP contribution in [0.25, 0.3) is 0 Å². The van der Waals surface area contributed by atoms with E-state index in [1.165, 1.54) is 6.42 Å².